The highest BCUT2D eigenvalue weighted by atomic mass is 32.2. The van der Waals surface area contributed by atoms with Crippen molar-refractivity contribution in [2.24, 2.45) is 0 Å². The summed E-state index contributed by atoms with van der Waals surface area (Å²) in [5.41, 5.74) is 2.18. The van der Waals surface area contributed by atoms with Gasteiger partial charge in [0, 0.05) is 16.8 Å². The van der Waals surface area contributed by atoms with Crippen LogP contribution in [0.5, 0.6) is 0 Å². The Morgan fingerprint density at radius 1 is 1.14 bits per heavy atom. The van der Waals surface area contributed by atoms with Crippen LogP contribution in [0.2, 0.25) is 0 Å². The van der Waals surface area contributed by atoms with Crippen molar-refractivity contribution in [3.63, 3.8) is 0 Å². The number of nitrogens with zero attached hydrogens (tertiary/aromatic N) is 2. The zero-order chi connectivity index (χ0) is 20.8. The van der Waals surface area contributed by atoms with Gasteiger partial charge < -0.3 is 9.84 Å². The first-order valence-corrected chi connectivity index (χ1v) is 11.4. The molecular formula is C20H17N3O4S2. The van der Waals surface area contributed by atoms with Gasteiger partial charge in [-0.2, -0.15) is 0 Å². The number of amides is 1. The summed E-state index contributed by atoms with van der Waals surface area (Å²) >= 11 is 1.56. The molecule has 7 nitrogen and oxygen atoms in total. The van der Waals surface area contributed by atoms with E-state index in [0.717, 1.165) is 16.0 Å². The van der Waals surface area contributed by atoms with Gasteiger partial charge in [0.2, 0.25) is 0 Å². The average Bonchev–Trinajstić information content (AvgIpc) is 3.26. The molecule has 0 fully saturated rings. The molecule has 3 heterocycles. The SMILES string of the molecule is Cc1ccc(-c2cc(C(=O)Nc3cccc(S(C)(=O)=O)c3)c3c(C)noc3n2)s1. The van der Waals surface area contributed by atoms with E-state index in [4.69, 9.17) is 4.52 Å². The molecule has 1 N–H and O–H groups in total. The molecule has 0 bridgehead atoms. The molecular weight excluding hydrogens is 410 g/mol. The number of benzene rings is 1. The highest BCUT2D eigenvalue weighted by molar-refractivity contribution is 7.90. The Balaban J connectivity index is 1.78. The molecule has 1 amide bonds. The number of anilines is 1. The maximum absolute atomic E-state index is 13.1. The first-order valence-electron chi connectivity index (χ1n) is 8.67. The first kappa shape index (κ1) is 19.3. The molecule has 0 aliphatic carbocycles. The molecule has 0 radical (unpaired) electrons. The first-order chi connectivity index (χ1) is 13.7. The lowest BCUT2D eigenvalue weighted by atomic mass is 10.1. The van der Waals surface area contributed by atoms with Gasteiger partial charge in [-0.1, -0.05) is 11.2 Å². The Hall–Kier alpha value is -3.04. The number of carbonyl (C=O) groups excluding carboxylic acids is 1. The Labute approximate surface area is 171 Å². The van der Waals surface area contributed by atoms with Crippen molar-refractivity contribution in [2.45, 2.75) is 18.7 Å². The van der Waals surface area contributed by atoms with Crippen molar-refractivity contribution in [3.05, 3.63) is 58.6 Å². The van der Waals surface area contributed by atoms with Gasteiger partial charge in [-0.25, -0.2) is 13.4 Å². The minimum absolute atomic E-state index is 0.131. The van der Waals surface area contributed by atoms with Crippen molar-refractivity contribution in [1.29, 1.82) is 0 Å². The molecule has 0 atom stereocenters. The third-order valence-electron chi connectivity index (χ3n) is 4.37. The summed E-state index contributed by atoms with van der Waals surface area (Å²) in [5.74, 6) is -0.399. The largest absolute Gasteiger partial charge is 0.335 e. The van der Waals surface area contributed by atoms with Crippen LogP contribution in [0.3, 0.4) is 0 Å². The van der Waals surface area contributed by atoms with E-state index in [2.05, 4.69) is 15.5 Å². The van der Waals surface area contributed by atoms with Gasteiger partial charge in [0.1, 0.15) is 0 Å². The summed E-state index contributed by atoms with van der Waals surface area (Å²) in [6.45, 7) is 3.73. The minimum atomic E-state index is -3.38. The molecule has 4 rings (SSSR count). The summed E-state index contributed by atoms with van der Waals surface area (Å²) in [6.07, 6.45) is 1.12. The quantitative estimate of drug-likeness (QED) is 0.523. The number of aryl methyl sites for hydroxylation is 2. The lowest BCUT2D eigenvalue weighted by molar-refractivity contribution is 0.102. The molecule has 4 aromatic rings. The number of nitrogens with one attached hydrogen (secondary N) is 1. The van der Waals surface area contributed by atoms with E-state index in [1.807, 2.05) is 19.1 Å². The van der Waals surface area contributed by atoms with Crippen LogP contribution in [-0.4, -0.2) is 30.7 Å². The van der Waals surface area contributed by atoms with Crippen LogP contribution < -0.4 is 5.32 Å². The molecule has 29 heavy (non-hydrogen) atoms. The monoisotopic (exact) mass is 427 g/mol. The highest BCUT2D eigenvalue weighted by Crippen LogP contribution is 2.31. The van der Waals surface area contributed by atoms with Gasteiger partial charge in [0.25, 0.3) is 11.6 Å². The van der Waals surface area contributed by atoms with Gasteiger partial charge in [-0.05, 0) is 50.2 Å². The summed E-state index contributed by atoms with van der Waals surface area (Å²) in [7, 11) is -3.38. The fraction of sp³-hybridized carbons (Fsp3) is 0.150. The second kappa shape index (κ2) is 7.09. The number of thiophene rings is 1. The Bertz CT molecular complexity index is 1350. The number of rotatable bonds is 4. The molecule has 0 saturated heterocycles. The third kappa shape index (κ3) is 3.79. The predicted octanol–water partition coefficient (Wildman–Crippen LogP) is 4.22. The van der Waals surface area contributed by atoms with E-state index in [1.165, 1.54) is 12.1 Å². The molecule has 0 spiro atoms. The van der Waals surface area contributed by atoms with Gasteiger partial charge in [0.05, 0.1) is 32.1 Å². The fourth-order valence-corrected chi connectivity index (χ4v) is 4.47. The normalized spacial score (nSPS) is 11.7. The van der Waals surface area contributed by atoms with Crippen LogP contribution in [0, 0.1) is 13.8 Å². The maximum atomic E-state index is 13.1. The zero-order valence-electron chi connectivity index (χ0n) is 15.9. The van der Waals surface area contributed by atoms with Crippen LogP contribution in [0.4, 0.5) is 5.69 Å². The molecule has 0 aliphatic heterocycles. The van der Waals surface area contributed by atoms with Crippen molar-refractivity contribution in [2.75, 3.05) is 11.6 Å². The van der Waals surface area contributed by atoms with E-state index in [9.17, 15) is 13.2 Å². The van der Waals surface area contributed by atoms with Crippen molar-refractivity contribution in [1.82, 2.24) is 10.1 Å². The molecule has 0 unspecified atom stereocenters. The summed E-state index contributed by atoms with van der Waals surface area (Å²) < 4.78 is 28.9. The number of sulfone groups is 1. The van der Waals surface area contributed by atoms with Crippen molar-refractivity contribution in [3.8, 4) is 10.6 Å². The molecule has 0 aliphatic rings. The Morgan fingerprint density at radius 3 is 2.62 bits per heavy atom. The highest BCUT2D eigenvalue weighted by Gasteiger charge is 2.20. The van der Waals surface area contributed by atoms with Gasteiger partial charge in [0.15, 0.2) is 9.84 Å². The number of carbonyl (C=O) groups is 1. The summed E-state index contributed by atoms with van der Waals surface area (Å²) in [4.78, 5) is 19.7. The van der Waals surface area contributed by atoms with Gasteiger partial charge in [-0.3, -0.25) is 4.79 Å². The van der Waals surface area contributed by atoms with E-state index in [-0.39, 0.29) is 10.6 Å². The van der Waals surface area contributed by atoms with Gasteiger partial charge >= 0.3 is 0 Å². The van der Waals surface area contributed by atoms with Crippen LogP contribution in [-0.2, 0) is 9.84 Å². The van der Waals surface area contributed by atoms with Crippen molar-refractivity contribution < 1.29 is 17.7 Å². The number of fused-ring (bicyclic) bond motifs is 1. The Morgan fingerprint density at radius 2 is 1.93 bits per heavy atom. The summed E-state index contributed by atoms with van der Waals surface area (Å²) in [5, 5.41) is 7.23. The third-order valence-corrected chi connectivity index (χ3v) is 6.51. The molecule has 1 aromatic carbocycles. The molecule has 148 valence electrons. The number of hydrogen-bond acceptors (Lipinski definition) is 7. The predicted molar refractivity (Wildman–Crippen MR) is 112 cm³/mol. The average molecular weight is 428 g/mol. The summed E-state index contributed by atoms with van der Waals surface area (Å²) in [6, 6.07) is 11.7. The van der Waals surface area contributed by atoms with E-state index in [1.54, 1.807) is 36.5 Å². The van der Waals surface area contributed by atoms with E-state index in [0.29, 0.717) is 28.0 Å². The van der Waals surface area contributed by atoms with Crippen LogP contribution >= 0.6 is 11.3 Å². The second-order valence-corrected chi connectivity index (χ2v) is 9.97. The van der Waals surface area contributed by atoms with E-state index < -0.39 is 15.7 Å². The number of aromatic nitrogens is 2. The topological polar surface area (TPSA) is 102 Å². The number of hydrogen-bond donors (Lipinski definition) is 1. The Kier molecular flexibility index (Phi) is 4.71. The standard InChI is InChI=1S/C20H17N3O4S2/c1-11-7-8-17(28-11)16-10-15(18-12(2)23-27-20(18)22-16)19(24)21-13-5-4-6-14(9-13)29(3,25)26/h4-10H,1-3H3,(H,21,24). The molecule has 9 heteroatoms. The van der Waals surface area contributed by atoms with E-state index >= 15 is 0 Å². The number of pyridine rings is 1. The molecule has 0 saturated carbocycles. The van der Waals surface area contributed by atoms with Gasteiger partial charge in [-0.15, -0.1) is 11.3 Å². The van der Waals surface area contributed by atoms with Crippen LogP contribution in [0.1, 0.15) is 20.9 Å². The smallest absolute Gasteiger partial charge is 0.259 e. The fourth-order valence-electron chi connectivity index (χ4n) is 2.98. The minimum Gasteiger partial charge on any atom is -0.335 e. The maximum Gasteiger partial charge on any atom is 0.259 e. The zero-order valence-corrected chi connectivity index (χ0v) is 17.5. The van der Waals surface area contributed by atoms with Crippen molar-refractivity contribution >= 4 is 43.9 Å². The second-order valence-electron chi connectivity index (χ2n) is 6.67. The molecule has 3 aromatic heterocycles. The van der Waals surface area contributed by atoms with Crippen LogP contribution in [0.15, 0.2) is 51.9 Å². The van der Waals surface area contributed by atoms with Crippen LogP contribution in [0.25, 0.3) is 21.7 Å². The lowest BCUT2D eigenvalue weighted by Gasteiger charge is -2.09. The lowest BCUT2D eigenvalue weighted by Crippen LogP contribution is -2.13.